The fourth-order valence-corrected chi connectivity index (χ4v) is 3.11. The van der Waals surface area contributed by atoms with Crippen molar-refractivity contribution in [2.75, 3.05) is 0 Å². The summed E-state index contributed by atoms with van der Waals surface area (Å²) in [7, 11) is 0. The third-order valence-corrected chi connectivity index (χ3v) is 4.18. The van der Waals surface area contributed by atoms with Gasteiger partial charge in [-0.2, -0.15) is 0 Å². The second kappa shape index (κ2) is 4.39. The Hall–Kier alpha value is -1.13. The molecule has 2 aromatic rings. The van der Waals surface area contributed by atoms with Crippen molar-refractivity contribution in [3.63, 3.8) is 0 Å². The van der Waals surface area contributed by atoms with Crippen LogP contribution in [0.4, 0.5) is 0 Å². The van der Waals surface area contributed by atoms with Gasteiger partial charge in [0.05, 0.1) is 0 Å². The van der Waals surface area contributed by atoms with E-state index in [0.717, 1.165) is 21.2 Å². The summed E-state index contributed by atoms with van der Waals surface area (Å²) in [6, 6.07) is 7.83. The number of halogens is 1. The highest BCUT2D eigenvalue weighted by Gasteiger charge is 2.17. The van der Waals surface area contributed by atoms with E-state index in [1.54, 1.807) is 5.38 Å². The van der Waals surface area contributed by atoms with E-state index in [4.69, 9.17) is 5.11 Å². The zero-order chi connectivity index (χ0) is 11.7. The zero-order valence-corrected chi connectivity index (χ0v) is 10.9. The quantitative estimate of drug-likeness (QED) is 0.902. The van der Waals surface area contributed by atoms with E-state index in [-0.39, 0.29) is 0 Å². The maximum Gasteiger partial charge on any atom is 0.346 e. The summed E-state index contributed by atoms with van der Waals surface area (Å²) in [5.41, 5.74) is 2.85. The molecule has 0 unspecified atom stereocenters. The maximum absolute atomic E-state index is 11.1. The van der Waals surface area contributed by atoms with Crippen LogP contribution in [0.5, 0.6) is 0 Å². The molecule has 82 valence electrons. The molecule has 1 N–H and O–H groups in total. The number of aromatic carboxylic acids is 1. The standard InChI is InChI=1S/C12H9BrO2S/c1-7-2-4-8(5-3-7)10-9(13)6-16-11(10)12(14)15/h2-6H,1H3,(H,14,15). The lowest BCUT2D eigenvalue weighted by molar-refractivity contribution is 0.0703. The van der Waals surface area contributed by atoms with Gasteiger partial charge in [0, 0.05) is 15.4 Å². The van der Waals surface area contributed by atoms with Crippen LogP contribution in [0.2, 0.25) is 0 Å². The van der Waals surface area contributed by atoms with Crippen LogP contribution in [0.3, 0.4) is 0 Å². The minimum absolute atomic E-state index is 0.371. The van der Waals surface area contributed by atoms with Crippen molar-refractivity contribution >= 4 is 33.2 Å². The predicted octanol–water partition coefficient (Wildman–Crippen LogP) is 4.18. The SMILES string of the molecule is Cc1ccc(-c2c(Br)csc2C(=O)O)cc1. The van der Waals surface area contributed by atoms with Crippen LogP contribution in [0, 0.1) is 6.92 Å². The Labute approximate surface area is 106 Å². The highest BCUT2D eigenvalue weighted by Crippen LogP contribution is 2.36. The van der Waals surface area contributed by atoms with Gasteiger partial charge >= 0.3 is 5.97 Å². The molecule has 1 aromatic carbocycles. The van der Waals surface area contributed by atoms with E-state index in [1.807, 2.05) is 31.2 Å². The molecule has 0 saturated carbocycles. The number of thiophene rings is 1. The Morgan fingerprint density at radius 1 is 1.31 bits per heavy atom. The molecule has 2 rings (SSSR count). The molecule has 0 radical (unpaired) electrons. The Kier molecular flexibility index (Phi) is 3.12. The smallest absolute Gasteiger partial charge is 0.346 e. The maximum atomic E-state index is 11.1. The van der Waals surface area contributed by atoms with E-state index in [2.05, 4.69) is 15.9 Å². The molecule has 1 aromatic heterocycles. The van der Waals surface area contributed by atoms with Crippen molar-refractivity contribution in [2.45, 2.75) is 6.92 Å². The van der Waals surface area contributed by atoms with E-state index in [9.17, 15) is 4.79 Å². The molecule has 0 amide bonds. The first-order valence-corrected chi connectivity index (χ1v) is 6.34. The Morgan fingerprint density at radius 2 is 1.94 bits per heavy atom. The van der Waals surface area contributed by atoms with Gasteiger partial charge in [-0.1, -0.05) is 29.8 Å². The highest BCUT2D eigenvalue weighted by atomic mass is 79.9. The van der Waals surface area contributed by atoms with Gasteiger partial charge in [-0.3, -0.25) is 0 Å². The van der Waals surface area contributed by atoms with Crippen molar-refractivity contribution in [3.8, 4) is 11.1 Å². The molecule has 4 heteroatoms. The largest absolute Gasteiger partial charge is 0.477 e. The van der Waals surface area contributed by atoms with Gasteiger partial charge < -0.3 is 5.11 Å². The normalized spacial score (nSPS) is 10.4. The highest BCUT2D eigenvalue weighted by molar-refractivity contribution is 9.10. The average Bonchev–Trinajstić information content (AvgIpc) is 2.62. The van der Waals surface area contributed by atoms with Gasteiger partial charge in [0.2, 0.25) is 0 Å². The van der Waals surface area contributed by atoms with Gasteiger partial charge in [-0.15, -0.1) is 11.3 Å². The van der Waals surface area contributed by atoms with Crippen molar-refractivity contribution in [2.24, 2.45) is 0 Å². The van der Waals surface area contributed by atoms with Crippen LogP contribution in [-0.4, -0.2) is 11.1 Å². The molecule has 0 fully saturated rings. The summed E-state index contributed by atoms with van der Waals surface area (Å²) >= 11 is 4.62. The molecule has 1 heterocycles. The fourth-order valence-electron chi connectivity index (χ4n) is 1.48. The number of hydrogen-bond acceptors (Lipinski definition) is 2. The van der Waals surface area contributed by atoms with Gasteiger partial charge in [0.1, 0.15) is 4.88 Å². The summed E-state index contributed by atoms with van der Waals surface area (Å²) < 4.78 is 0.832. The predicted molar refractivity (Wildman–Crippen MR) is 69.2 cm³/mol. The first kappa shape index (κ1) is 11.4. The molecule has 0 bridgehead atoms. The molecule has 0 spiro atoms. The number of aryl methyl sites for hydroxylation is 1. The number of carboxylic acid groups (broad SMARTS) is 1. The van der Waals surface area contributed by atoms with Crippen LogP contribution in [-0.2, 0) is 0 Å². The summed E-state index contributed by atoms with van der Waals surface area (Å²) in [5, 5.41) is 10.9. The summed E-state index contributed by atoms with van der Waals surface area (Å²) in [6.45, 7) is 2.00. The van der Waals surface area contributed by atoms with Crippen LogP contribution < -0.4 is 0 Å². The average molecular weight is 297 g/mol. The third-order valence-electron chi connectivity index (χ3n) is 2.28. The third kappa shape index (κ3) is 2.03. The first-order chi connectivity index (χ1) is 7.59. The fraction of sp³-hybridized carbons (Fsp3) is 0.0833. The molecule has 0 aliphatic carbocycles. The Morgan fingerprint density at radius 3 is 2.50 bits per heavy atom. The van der Waals surface area contributed by atoms with E-state index in [1.165, 1.54) is 11.3 Å². The molecule has 16 heavy (non-hydrogen) atoms. The number of carbonyl (C=O) groups is 1. The molecule has 0 atom stereocenters. The zero-order valence-electron chi connectivity index (χ0n) is 8.53. The second-order valence-corrected chi connectivity index (χ2v) is 5.19. The number of carboxylic acids is 1. The Bertz CT molecular complexity index is 528. The van der Waals surface area contributed by atoms with Gasteiger partial charge in [0.15, 0.2) is 0 Å². The van der Waals surface area contributed by atoms with E-state index >= 15 is 0 Å². The molecular formula is C12H9BrO2S. The monoisotopic (exact) mass is 296 g/mol. The van der Waals surface area contributed by atoms with Gasteiger partial charge in [-0.05, 0) is 28.4 Å². The first-order valence-electron chi connectivity index (χ1n) is 4.67. The second-order valence-electron chi connectivity index (χ2n) is 3.46. The van der Waals surface area contributed by atoms with Crippen molar-refractivity contribution < 1.29 is 9.90 Å². The number of benzene rings is 1. The summed E-state index contributed by atoms with van der Waals surface area (Å²) in [4.78, 5) is 11.4. The van der Waals surface area contributed by atoms with Gasteiger partial charge in [0.25, 0.3) is 0 Å². The van der Waals surface area contributed by atoms with Crippen LogP contribution >= 0.6 is 27.3 Å². The number of rotatable bonds is 2. The minimum atomic E-state index is -0.883. The van der Waals surface area contributed by atoms with E-state index < -0.39 is 5.97 Å². The van der Waals surface area contributed by atoms with Crippen LogP contribution in [0.25, 0.3) is 11.1 Å². The van der Waals surface area contributed by atoms with Crippen LogP contribution in [0.1, 0.15) is 15.2 Å². The lowest BCUT2D eigenvalue weighted by Crippen LogP contribution is -1.94. The molecule has 0 aliphatic heterocycles. The van der Waals surface area contributed by atoms with Gasteiger partial charge in [-0.25, -0.2) is 4.79 Å². The topological polar surface area (TPSA) is 37.3 Å². The molecule has 2 nitrogen and oxygen atoms in total. The minimum Gasteiger partial charge on any atom is -0.477 e. The van der Waals surface area contributed by atoms with Crippen molar-refractivity contribution in [1.82, 2.24) is 0 Å². The molecule has 0 saturated heterocycles. The summed E-state index contributed by atoms with van der Waals surface area (Å²) in [6.07, 6.45) is 0. The Balaban J connectivity index is 2.58. The van der Waals surface area contributed by atoms with Crippen molar-refractivity contribution in [3.05, 3.63) is 44.6 Å². The summed E-state index contributed by atoms with van der Waals surface area (Å²) in [5.74, 6) is -0.883. The van der Waals surface area contributed by atoms with E-state index in [0.29, 0.717) is 4.88 Å². The van der Waals surface area contributed by atoms with Crippen LogP contribution in [0.15, 0.2) is 34.1 Å². The molecule has 0 aliphatic rings. The number of hydrogen-bond donors (Lipinski definition) is 1. The lowest BCUT2D eigenvalue weighted by atomic mass is 10.1. The molecular weight excluding hydrogens is 288 g/mol. The lowest BCUT2D eigenvalue weighted by Gasteiger charge is -2.02. The van der Waals surface area contributed by atoms with Crippen molar-refractivity contribution in [1.29, 1.82) is 0 Å².